The molecule has 100 valence electrons. The van der Waals surface area contributed by atoms with Gasteiger partial charge in [0, 0.05) is 36.4 Å². The third-order valence-corrected chi connectivity index (χ3v) is 3.86. The maximum Gasteiger partial charge on any atom is 0.165 e. The number of fused-ring (bicyclic) bond motifs is 1. The van der Waals surface area contributed by atoms with Gasteiger partial charge in [0.05, 0.1) is 11.1 Å². The zero-order valence-corrected chi connectivity index (χ0v) is 11.2. The molecule has 4 nitrogen and oxygen atoms in total. The quantitative estimate of drug-likeness (QED) is 0.873. The van der Waals surface area contributed by atoms with E-state index >= 15 is 0 Å². The van der Waals surface area contributed by atoms with Crippen molar-refractivity contribution in [3.8, 4) is 0 Å². The van der Waals surface area contributed by atoms with Crippen LogP contribution in [0.5, 0.6) is 0 Å². The number of H-pyrrole nitrogens is 1. The Balaban J connectivity index is 1.77. The van der Waals surface area contributed by atoms with Crippen LogP contribution < -0.4 is 0 Å². The van der Waals surface area contributed by atoms with Gasteiger partial charge in [-0.1, -0.05) is 11.6 Å². The lowest BCUT2D eigenvalue weighted by Crippen LogP contribution is -2.08. The normalized spacial score (nSPS) is 19.1. The van der Waals surface area contributed by atoms with Gasteiger partial charge >= 0.3 is 0 Å². The smallest absolute Gasteiger partial charge is 0.165 e. The van der Waals surface area contributed by atoms with Crippen molar-refractivity contribution in [2.24, 2.45) is 0 Å². The Morgan fingerprint density at radius 3 is 3.26 bits per heavy atom. The molecule has 0 bridgehead atoms. The van der Waals surface area contributed by atoms with Crippen molar-refractivity contribution in [1.29, 1.82) is 0 Å². The van der Waals surface area contributed by atoms with Gasteiger partial charge in [-0.2, -0.15) is 0 Å². The van der Waals surface area contributed by atoms with E-state index in [1.165, 1.54) is 0 Å². The summed E-state index contributed by atoms with van der Waals surface area (Å²) in [5, 5.41) is 1.29. The molecule has 0 radical (unpaired) electrons. The third-order valence-electron chi connectivity index (χ3n) is 3.54. The molecule has 0 spiro atoms. The molecule has 1 aliphatic rings. The first-order valence-corrected chi connectivity index (χ1v) is 6.90. The van der Waals surface area contributed by atoms with Crippen LogP contribution in [-0.2, 0) is 4.74 Å². The zero-order chi connectivity index (χ0) is 13.2. The molecule has 0 amide bonds. The zero-order valence-electron chi connectivity index (χ0n) is 10.5. The Morgan fingerprint density at radius 2 is 2.47 bits per heavy atom. The first-order valence-electron chi connectivity index (χ1n) is 6.52. The predicted molar refractivity (Wildman–Crippen MR) is 73.6 cm³/mol. The van der Waals surface area contributed by atoms with Gasteiger partial charge in [-0.05, 0) is 25.3 Å². The Labute approximate surface area is 116 Å². The van der Waals surface area contributed by atoms with Gasteiger partial charge < -0.3 is 9.72 Å². The van der Waals surface area contributed by atoms with E-state index < -0.39 is 0 Å². The number of Topliss-reactive ketones (excluding diaryl/α,β-unsaturated/α-hetero) is 1. The number of rotatable bonds is 4. The van der Waals surface area contributed by atoms with Crippen LogP contribution in [0.15, 0.2) is 18.5 Å². The minimum absolute atomic E-state index is 0.0941. The van der Waals surface area contributed by atoms with Crippen molar-refractivity contribution in [3.05, 3.63) is 29.0 Å². The number of ketones is 1. The second-order valence-electron chi connectivity index (χ2n) is 4.82. The molecule has 1 aliphatic heterocycles. The molecular formula is C14H15ClN2O2. The first-order chi connectivity index (χ1) is 9.25. The molecule has 1 fully saturated rings. The van der Waals surface area contributed by atoms with Crippen molar-refractivity contribution < 1.29 is 9.53 Å². The van der Waals surface area contributed by atoms with E-state index in [-0.39, 0.29) is 11.9 Å². The number of hydrogen-bond donors (Lipinski definition) is 1. The number of aromatic nitrogens is 2. The summed E-state index contributed by atoms with van der Waals surface area (Å²) < 4.78 is 5.53. The van der Waals surface area contributed by atoms with Crippen LogP contribution in [0.2, 0.25) is 5.02 Å². The number of aromatic amines is 1. The number of ether oxygens (including phenoxy) is 1. The van der Waals surface area contributed by atoms with Crippen LogP contribution in [-0.4, -0.2) is 28.5 Å². The van der Waals surface area contributed by atoms with Gasteiger partial charge in [0.25, 0.3) is 0 Å². The fourth-order valence-corrected chi connectivity index (χ4v) is 2.78. The van der Waals surface area contributed by atoms with Crippen LogP contribution in [0.25, 0.3) is 11.0 Å². The molecule has 5 heteroatoms. The van der Waals surface area contributed by atoms with E-state index in [4.69, 9.17) is 16.3 Å². The first kappa shape index (κ1) is 12.6. The van der Waals surface area contributed by atoms with E-state index in [2.05, 4.69) is 9.97 Å². The number of carbonyl (C=O) groups excluding carboxylic acids is 1. The monoisotopic (exact) mass is 278 g/mol. The minimum Gasteiger partial charge on any atom is -0.378 e. The van der Waals surface area contributed by atoms with Crippen LogP contribution >= 0.6 is 11.6 Å². The molecule has 0 aliphatic carbocycles. The van der Waals surface area contributed by atoms with E-state index in [9.17, 15) is 4.79 Å². The second-order valence-corrected chi connectivity index (χ2v) is 5.22. The average Bonchev–Trinajstić information content (AvgIpc) is 3.05. The molecule has 1 atom stereocenters. The molecule has 3 rings (SSSR count). The molecule has 0 saturated carbocycles. The summed E-state index contributed by atoms with van der Waals surface area (Å²) in [4.78, 5) is 19.4. The summed E-state index contributed by atoms with van der Waals surface area (Å²) in [7, 11) is 0. The lowest BCUT2D eigenvalue weighted by atomic mass is 10.0. The number of pyridine rings is 1. The molecule has 0 aromatic carbocycles. The molecule has 2 aromatic rings. The van der Waals surface area contributed by atoms with Gasteiger partial charge in [0.1, 0.15) is 5.65 Å². The number of nitrogens with zero attached hydrogens (tertiary/aromatic N) is 1. The molecule has 1 N–H and O–H groups in total. The number of carbonyl (C=O) groups is 1. The number of halogens is 1. The summed E-state index contributed by atoms with van der Waals surface area (Å²) in [6.45, 7) is 0.821. The van der Waals surface area contributed by atoms with Crippen molar-refractivity contribution in [1.82, 2.24) is 9.97 Å². The number of nitrogens with one attached hydrogen (secondary N) is 1. The minimum atomic E-state index is 0.0941. The summed E-state index contributed by atoms with van der Waals surface area (Å²) in [6.07, 6.45) is 6.99. The van der Waals surface area contributed by atoms with Crippen LogP contribution in [0.4, 0.5) is 0 Å². The maximum absolute atomic E-state index is 12.3. The third kappa shape index (κ3) is 2.51. The second kappa shape index (κ2) is 5.31. The lowest BCUT2D eigenvalue weighted by Gasteiger charge is -2.07. The van der Waals surface area contributed by atoms with Crippen molar-refractivity contribution in [2.75, 3.05) is 6.61 Å². The topological polar surface area (TPSA) is 55.0 Å². The largest absolute Gasteiger partial charge is 0.378 e. The highest BCUT2D eigenvalue weighted by Gasteiger charge is 2.19. The maximum atomic E-state index is 12.3. The van der Waals surface area contributed by atoms with Gasteiger partial charge in [-0.25, -0.2) is 4.98 Å². The Hall–Kier alpha value is -1.39. The molecule has 1 unspecified atom stereocenters. The number of hydrogen-bond acceptors (Lipinski definition) is 3. The van der Waals surface area contributed by atoms with Crippen LogP contribution in [0, 0.1) is 0 Å². The van der Waals surface area contributed by atoms with E-state index in [0.29, 0.717) is 22.7 Å². The van der Waals surface area contributed by atoms with Crippen LogP contribution in [0.1, 0.15) is 36.0 Å². The Bertz CT molecular complexity index is 603. The highest BCUT2D eigenvalue weighted by Crippen LogP contribution is 2.27. The molecular weight excluding hydrogens is 264 g/mol. The van der Waals surface area contributed by atoms with Crippen molar-refractivity contribution >= 4 is 28.4 Å². The SMILES string of the molecule is O=C(CCC1CCCO1)c1c[nH]c2nccc(Cl)c12. The van der Waals surface area contributed by atoms with Gasteiger partial charge in [-0.3, -0.25) is 4.79 Å². The summed E-state index contributed by atoms with van der Waals surface area (Å²) in [5.41, 5.74) is 1.29. The van der Waals surface area contributed by atoms with E-state index in [1.54, 1.807) is 18.5 Å². The Morgan fingerprint density at radius 1 is 1.58 bits per heavy atom. The highest BCUT2D eigenvalue weighted by molar-refractivity contribution is 6.36. The van der Waals surface area contributed by atoms with Crippen molar-refractivity contribution in [3.63, 3.8) is 0 Å². The summed E-state index contributed by atoms with van der Waals surface area (Å²) in [5.74, 6) is 0.0941. The highest BCUT2D eigenvalue weighted by atomic mass is 35.5. The predicted octanol–water partition coefficient (Wildman–Crippen LogP) is 3.36. The van der Waals surface area contributed by atoms with Crippen molar-refractivity contribution in [2.45, 2.75) is 31.8 Å². The standard InChI is InChI=1S/C14H15ClN2O2/c15-11-5-6-16-14-13(11)10(8-17-14)12(18)4-3-9-2-1-7-19-9/h5-6,8-9H,1-4,7H2,(H,16,17). The summed E-state index contributed by atoms with van der Waals surface area (Å²) >= 11 is 6.14. The van der Waals surface area contributed by atoms with Gasteiger partial charge in [0.2, 0.25) is 0 Å². The fourth-order valence-electron chi connectivity index (χ4n) is 2.54. The molecule has 2 aromatic heterocycles. The fraction of sp³-hybridized carbons (Fsp3) is 0.429. The average molecular weight is 279 g/mol. The summed E-state index contributed by atoms with van der Waals surface area (Å²) in [6, 6.07) is 1.70. The Kier molecular flexibility index (Phi) is 3.53. The van der Waals surface area contributed by atoms with Gasteiger partial charge in [0.15, 0.2) is 5.78 Å². The van der Waals surface area contributed by atoms with Crippen LogP contribution in [0.3, 0.4) is 0 Å². The van der Waals surface area contributed by atoms with E-state index in [0.717, 1.165) is 31.3 Å². The molecule has 3 heterocycles. The van der Waals surface area contributed by atoms with Gasteiger partial charge in [-0.15, -0.1) is 0 Å². The molecule has 19 heavy (non-hydrogen) atoms. The lowest BCUT2D eigenvalue weighted by molar-refractivity contribution is 0.0860. The van der Waals surface area contributed by atoms with E-state index in [1.807, 2.05) is 0 Å². The molecule has 1 saturated heterocycles.